The summed E-state index contributed by atoms with van der Waals surface area (Å²) in [5.74, 6) is 2.51. The molecule has 0 spiro atoms. The molecule has 1 nitrogen and oxygen atoms in total. The smallest absolute Gasteiger partial charge is 0.00672 e. The molecule has 0 aromatic carbocycles. The van der Waals surface area contributed by atoms with Crippen LogP contribution in [0.15, 0.2) is 0 Å². The Bertz CT molecular complexity index is 120. The first-order valence-corrected chi connectivity index (χ1v) is 4.87. The summed E-state index contributed by atoms with van der Waals surface area (Å²) in [5.41, 5.74) is 5.94. The summed E-state index contributed by atoms with van der Waals surface area (Å²) >= 11 is 0. The molecular weight excluding hydrogens is 134 g/mol. The lowest BCUT2D eigenvalue weighted by molar-refractivity contribution is 0.328. The van der Waals surface area contributed by atoms with Crippen LogP contribution in [0, 0.1) is 17.8 Å². The first kappa shape index (κ1) is 9.05. The standard InChI is InChI=1S/C10H21N/c1-7(2)6-9-4-5-10(11)8(9)3/h7-10H,4-6,11H2,1-3H3. The highest BCUT2D eigenvalue weighted by atomic mass is 14.7. The molecule has 0 amide bonds. The highest BCUT2D eigenvalue weighted by Gasteiger charge is 2.30. The molecule has 0 aromatic heterocycles. The number of hydrogen-bond acceptors (Lipinski definition) is 1. The topological polar surface area (TPSA) is 26.0 Å². The summed E-state index contributed by atoms with van der Waals surface area (Å²) in [6, 6.07) is 0.485. The van der Waals surface area contributed by atoms with Crippen molar-refractivity contribution in [3.8, 4) is 0 Å². The molecular formula is C10H21N. The molecule has 1 aliphatic rings. The molecule has 0 aromatic rings. The normalized spacial score (nSPS) is 38.5. The highest BCUT2D eigenvalue weighted by Crippen LogP contribution is 2.34. The predicted molar refractivity (Wildman–Crippen MR) is 49.3 cm³/mol. The number of hydrogen-bond donors (Lipinski definition) is 1. The maximum atomic E-state index is 5.94. The van der Waals surface area contributed by atoms with Gasteiger partial charge in [0.15, 0.2) is 0 Å². The van der Waals surface area contributed by atoms with Crippen LogP contribution in [-0.2, 0) is 0 Å². The van der Waals surface area contributed by atoms with Crippen LogP contribution < -0.4 is 5.73 Å². The van der Waals surface area contributed by atoms with Crippen molar-refractivity contribution in [2.45, 2.75) is 46.1 Å². The van der Waals surface area contributed by atoms with Crippen LogP contribution in [0.25, 0.3) is 0 Å². The van der Waals surface area contributed by atoms with Crippen LogP contribution in [0.2, 0.25) is 0 Å². The second-order valence-electron chi connectivity index (χ2n) is 4.49. The third-order valence-corrected chi connectivity index (χ3v) is 3.06. The Kier molecular flexibility index (Phi) is 2.94. The van der Waals surface area contributed by atoms with Gasteiger partial charge in [-0.1, -0.05) is 20.8 Å². The van der Waals surface area contributed by atoms with Gasteiger partial charge in [0.05, 0.1) is 0 Å². The Morgan fingerprint density at radius 2 is 2.00 bits per heavy atom. The first-order valence-electron chi connectivity index (χ1n) is 4.87. The molecule has 0 aliphatic heterocycles. The molecule has 3 atom stereocenters. The van der Waals surface area contributed by atoms with Crippen LogP contribution in [0.1, 0.15) is 40.0 Å². The maximum absolute atomic E-state index is 5.94. The van der Waals surface area contributed by atoms with E-state index in [0.29, 0.717) is 6.04 Å². The predicted octanol–water partition coefficient (Wildman–Crippen LogP) is 2.41. The van der Waals surface area contributed by atoms with Gasteiger partial charge in [-0.05, 0) is 37.0 Å². The Morgan fingerprint density at radius 3 is 2.36 bits per heavy atom. The van der Waals surface area contributed by atoms with Crippen molar-refractivity contribution in [3.05, 3.63) is 0 Å². The molecule has 3 unspecified atom stereocenters. The van der Waals surface area contributed by atoms with E-state index in [4.69, 9.17) is 5.73 Å². The van der Waals surface area contributed by atoms with Gasteiger partial charge in [0.25, 0.3) is 0 Å². The fourth-order valence-electron chi connectivity index (χ4n) is 2.22. The molecule has 2 N–H and O–H groups in total. The summed E-state index contributed by atoms with van der Waals surface area (Å²) in [4.78, 5) is 0. The zero-order valence-corrected chi connectivity index (χ0v) is 8.01. The lowest BCUT2D eigenvalue weighted by atomic mass is 9.88. The minimum absolute atomic E-state index is 0.485. The van der Waals surface area contributed by atoms with E-state index in [2.05, 4.69) is 20.8 Å². The zero-order valence-electron chi connectivity index (χ0n) is 8.01. The van der Waals surface area contributed by atoms with Gasteiger partial charge in [-0.3, -0.25) is 0 Å². The van der Waals surface area contributed by atoms with Gasteiger partial charge in [-0.2, -0.15) is 0 Å². The van der Waals surface area contributed by atoms with Crippen molar-refractivity contribution >= 4 is 0 Å². The van der Waals surface area contributed by atoms with Crippen molar-refractivity contribution in [1.82, 2.24) is 0 Å². The van der Waals surface area contributed by atoms with Gasteiger partial charge in [0, 0.05) is 6.04 Å². The van der Waals surface area contributed by atoms with Crippen molar-refractivity contribution in [1.29, 1.82) is 0 Å². The SMILES string of the molecule is CC(C)CC1CCC(N)C1C. The van der Waals surface area contributed by atoms with E-state index < -0.39 is 0 Å². The molecule has 11 heavy (non-hydrogen) atoms. The lowest BCUT2D eigenvalue weighted by Gasteiger charge is -2.19. The molecule has 0 bridgehead atoms. The molecule has 1 fully saturated rings. The minimum atomic E-state index is 0.485. The van der Waals surface area contributed by atoms with Gasteiger partial charge in [0.2, 0.25) is 0 Å². The number of nitrogens with two attached hydrogens (primary N) is 1. The summed E-state index contributed by atoms with van der Waals surface area (Å²) in [5, 5.41) is 0. The first-order chi connectivity index (χ1) is 5.11. The average molecular weight is 155 g/mol. The average Bonchev–Trinajstić information content (AvgIpc) is 2.18. The Hall–Kier alpha value is -0.0400. The van der Waals surface area contributed by atoms with Crippen molar-refractivity contribution in [3.63, 3.8) is 0 Å². The van der Waals surface area contributed by atoms with Crippen molar-refractivity contribution < 1.29 is 0 Å². The Morgan fingerprint density at radius 1 is 1.36 bits per heavy atom. The van der Waals surface area contributed by atoms with E-state index in [0.717, 1.165) is 17.8 Å². The van der Waals surface area contributed by atoms with Crippen LogP contribution >= 0.6 is 0 Å². The fourth-order valence-corrected chi connectivity index (χ4v) is 2.22. The van der Waals surface area contributed by atoms with E-state index >= 15 is 0 Å². The second-order valence-corrected chi connectivity index (χ2v) is 4.49. The van der Waals surface area contributed by atoms with Crippen molar-refractivity contribution in [2.75, 3.05) is 0 Å². The summed E-state index contributed by atoms with van der Waals surface area (Å²) < 4.78 is 0. The van der Waals surface area contributed by atoms with Gasteiger partial charge >= 0.3 is 0 Å². The third kappa shape index (κ3) is 2.19. The van der Waals surface area contributed by atoms with Crippen LogP contribution in [0.5, 0.6) is 0 Å². The number of rotatable bonds is 2. The van der Waals surface area contributed by atoms with E-state index in [-0.39, 0.29) is 0 Å². The van der Waals surface area contributed by atoms with E-state index in [1.807, 2.05) is 0 Å². The monoisotopic (exact) mass is 155 g/mol. The molecule has 0 radical (unpaired) electrons. The largest absolute Gasteiger partial charge is 0.327 e. The van der Waals surface area contributed by atoms with Gasteiger partial charge in [0.1, 0.15) is 0 Å². The maximum Gasteiger partial charge on any atom is 0.00672 e. The molecule has 1 aliphatic carbocycles. The minimum Gasteiger partial charge on any atom is -0.327 e. The molecule has 0 saturated heterocycles. The van der Waals surface area contributed by atoms with Gasteiger partial charge < -0.3 is 5.73 Å². The molecule has 0 heterocycles. The van der Waals surface area contributed by atoms with E-state index in [9.17, 15) is 0 Å². The van der Waals surface area contributed by atoms with E-state index in [1.165, 1.54) is 19.3 Å². The van der Waals surface area contributed by atoms with Crippen LogP contribution in [0.3, 0.4) is 0 Å². The highest BCUT2D eigenvalue weighted by molar-refractivity contribution is 4.84. The Labute approximate surface area is 70.4 Å². The lowest BCUT2D eigenvalue weighted by Crippen LogP contribution is -2.25. The quantitative estimate of drug-likeness (QED) is 0.651. The fraction of sp³-hybridized carbons (Fsp3) is 1.00. The van der Waals surface area contributed by atoms with Gasteiger partial charge in [-0.25, -0.2) is 0 Å². The van der Waals surface area contributed by atoms with E-state index in [1.54, 1.807) is 0 Å². The summed E-state index contributed by atoms with van der Waals surface area (Å²) in [7, 11) is 0. The molecule has 1 rings (SSSR count). The van der Waals surface area contributed by atoms with Gasteiger partial charge in [-0.15, -0.1) is 0 Å². The van der Waals surface area contributed by atoms with Crippen molar-refractivity contribution in [2.24, 2.45) is 23.5 Å². The molecule has 1 saturated carbocycles. The van der Waals surface area contributed by atoms with Crippen LogP contribution in [-0.4, -0.2) is 6.04 Å². The molecule has 1 heteroatoms. The summed E-state index contributed by atoms with van der Waals surface area (Å²) in [6.07, 6.45) is 3.98. The molecule has 66 valence electrons. The van der Waals surface area contributed by atoms with Crippen LogP contribution in [0.4, 0.5) is 0 Å². The third-order valence-electron chi connectivity index (χ3n) is 3.06. The Balaban J connectivity index is 2.36. The second kappa shape index (κ2) is 3.57. The summed E-state index contributed by atoms with van der Waals surface area (Å²) in [6.45, 7) is 6.91. The zero-order chi connectivity index (χ0) is 8.43.